The largest absolute Gasteiger partial charge is 0.481 e. The average Bonchev–Trinajstić information content (AvgIpc) is 3.39. The van der Waals surface area contributed by atoms with E-state index in [1.807, 2.05) is 18.2 Å². The van der Waals surface area contributed by atoms with Gasteiger partial charge in [-0.3, -0.25) is 9.59 Å². The van der Waals surface area contributed by atoms with E-state index >= 15 is 0 Å². The van der Waals surface area contributed by atoms with Crippen molar-refractivity contribution in [3.05, 3.63) is 70.4 Å². The first-order chi connectivity index (χ1) is 14.4. The van der Waals surface area contributed by atoms with Gasteiger partial charge in [0.2, 0.25) is 0 Å². The average molecular weight is 425 g/mol. The molecule has 3 N–H and O–H groups in total. The first-order valence-corrected chi connectivity index (χ1v) is 10.2. The van der Waals surface area contributed by atoms with Gasteiger partial charge < -0.3 is 20.2 Å². The zero-order valence-corrected chi connectivity index (χ0v) is 16.6. The fraction of sp³-hybridized carbons (Fsp3) is 0.227. The minimum atomic E-state index is -2.04. The van der Waals surface area contributed by atoms with Crippen molar-refractivity contribution in [2.75, 3.05) is 6.61 Å². The zero-order valence-electron chi connectivity index (χ0n) is 15.8. The van der Waals surface area contributed by atoms with Gasteiger partial charge in [0.25, 0.3) is 5.91 Å². The lowest BCUT2D eigenvalue weighted by molar-refractivity contribution is -0.151. The Bertz CT molecular complexity index is 1120. The van der Waals surface area contributed by atoms with Crippen LogP contribution in [0.2, 0.25) is 0 Å². The number of carboxylic acids is 2. The number of rotatable bonds is 5. The van der Waals surface area contributed by atoms with Crippen LogP contribution in [-0.4, -0.2) is 50.2 Å². The third-order valence-corrected chi connectivity index (χ3v) is 6.67. The molecule has 30 heavy (non-hydrogen) atoms. The number of fused-ring (bicyclic) bond motifs is 1. The summed E-state index contributed by atoms with van der Waals surface area (Å²) < 4.78 is 0. The number of nitrogens with zero attached hydrogens (tertiary/aromatic N) is 1. The second kappa shape index (κ2) is 7.55. The highest BCUT2D eigenvalue weighted by molar-refractivity contribution is 7.10. The zero-order chi connectivity index (χ0) is 21.5. The van der Waals surface area contributed by atoms with E-state index in [1.54, 1.807) is 41.8 Å². The number of carbonyl (C=O) groups is 3. The third kappa shape index (κ3) is 2.96. The van der Waals surface area contributed by atoms with Crippen molar-refractivity contribution >= 4 is 40.0 Å². The molecule has 8 heteroatoms. The van der Waals surface area contributed by atoms with Crippen molar-refractivity contribution in [1.29, 1.82) is 0 Å². The highest BCUT2D eigenvalue weighted by Crippen LogP contribution is 2.49. The lowest BCUT2D eigenvalue weighted by Gasteiger charge is -2.36. The Morgan fingerprint density at radius 1 is 1.03 bits per heavy atom. The highest BCUT2D eigenvalue weighted by Gasteiger charge is 2.61. The number of amides is 1. The fourth-order valence-electron chi connectivity index (χ4n) is 4.29. The van der Waals surface area contributed by atoms with E-state index in [0.29, 0.717) is 10.3 Å². The van der Waals surface area contributed by atoms with Gasteiger partial charge in [0.1, 0.15) is 0 Å². The monoisotopic (exact) mass is 425 g/mol. The molecule has 0 spiro atoms. The molecule has 7 nitrogen and oxygen atoms in total. The normalized spacial score (nSPS) is 23.6. The Morgan fingerprint density at radius 3 is 2.40 bits per heavy atom. The van der Waals surface area contributed by atoms with E-state index in [1.165, 1.54) is 11.3 Å². The van der Waals surface area contributed by atoms with Crippen LogP contribution in [0.1, 0.15) is 27.7 Å². The van der Waals surface area contributed by atoms with Gasteiger partial charge >= 0.3 is 11.9 Å². The fourth-order valence-corrected chi connectivity index (χ4v) is 5.17. The molecule has 3 atom stereocenters. The second-order valence-electron chi connectivity index (χ2n) is 7.31. The van der Waals surface area contributed by atoms with Crippen LogP contribution in [0.3, 0.4) is 0 Å². The number of aliphatic hydroxyl groups is 1. The van der Waals surface area contributed by atoms with Crippen LogP contribution < -0.4 is 0 Å². The SMILES string of the molecule is O=C(O)C1CC(CO)(C(=O)O)N(C(=O)c2cccc3ccccc23)C1c1cccs1. The molecule has 1 fully saturated rings. The predicted octanol–water partition coefficient (Wildman–Crippen LogP) is 3.01. The Balaban J connectivity index is 1.94. The second-order valence-corrected chi connectivity index (χ2v) is 8.29. The Hall–Kier alpha value is -3.23. The first-order valence-electron chi connectivity index (χ1n) is 9.32. The van der Waals surface area contributed by atoms with Crippen molar-refractivity contribution in [2.45, 2.75) is 18.0 Å². The Kier molecular flexibility index (Phi) is 5.05. The molecular weight excluding hydrogens is 406 g/mol. The number of likely N-dealkylation sites (tertiary alicyclic amines) is 1. The molecular formula is C22H19NO6S. The summed E-state index contributed by atoms with van der Waals surface area (Å²) in [6.07, 6.45) is -0.382. The minimum Gasteiger partial charge on any atom is -0.481 e. The van der Waals surface area contributed by atoms with Gasteiger partial charge in [0, 0.05) is 10.4 Å². The van der Waals surface area contributed by atoms with Gasteiger partial charge in [-0.25, -0.2) is 4.79 Å². The molecule has 0 radical (unpaired) electrons. The molecule has 0 bridgehead atoms. The summed E-state index contributed by atoms with van der Waals surface area (Å²) in [5, 5.41) is 33.1. The lowest BCUT2D eigenvalue weighted by Crippen LogP contribution is -2.56. The van der Waals surface area contributed by atoms with E-state index in [2.05, 4.69) is 0 Å². The van der Waals surface area contributed by atoms with Crippen LogP contribution in [0, 0.1) is 5.92 Å². The molecule has 4 rings (SSSR count). The van der Waals surface area contributed by atoms with Crippen LogP contribution in [-0.2, 0) is 9.59 Å². The van der Waals surface area contributed by atoms with Crippen molar-refractivity contribution in [3.8, 4) is 0 Å². The summed E-state index contributed by atoms with van der Waals surface area (Å²) in [4.78, 5) is 39.8. The van der Waals surface area contributed by atoms with E-state index < -0.39 is 42.0 Å². The van der Waals surface area contributed by atoms with E-state index in [4.69, 9.17) is 0 Å². The summed E-state index contributed by atoms with van der Waals surface area (Å²) in [7, 11) is 0. The van der Waals surface area contributed by atoms with E-state index in [0.717, 1.165) is 10.3 Å². The third-order valence-electron chi connectivity index (χ3n) is 5.73. The quantitative estimate of drug-likeness (QED) is 0.579. The van der Waals surface area contributed by atoms with Crippen LogP contribution in [0.4, 0.5) is 0 Å². The number of carbonyl (C=O) groups excluding carboxylic acids is 1. The van der Waals surface area contributed by atoms with Crippen molar-refractivity contribution in [3.63, 3.8) is 0 Å². The van der Waals surface area contributed by atoms with Crippen molar-refractivity contribution < 1.29 is 29.7 Å². The molecule has 2 aromatic carbocycles. The molecule has 0 aliphatic carbocycles. The van der Waals surface area contributed by atoms with Gasteiger partial charge in [-0.2, -0.15) is 0 Å². The van der Waals surface area contributed by atoms with Crippen LogP contribution in [0.25, 0.3) is 10.8 Å². The smallest absolute Gasteiger partial charge is 0.332 e. The van der Waals surface area contributed by atoms with Gasteiger partial charge in [-0.05, 0) is 34.7 Å². The van der Waals surface area contributed by atoms with Gasteiger partial charge in [0.15, 0.2) is 5.54 Å². The predicted molar refractivity (Wildman–Crippen MR) is 110 cm³/mol. The van der Waals surface area contributed by atoms with Crippen molar-refractivity contribution in [2.24, 2.45) is 5.92 Å². The number of thiophene rings is 1. The van der Waals surface area contributed by atoms with E-state index in [-0.39, 0.29) is 12.0 Å². The molecule has 1 aliphatic rings. The lowest BCUT2D eigenvalue weighted by atomic mass is 9.91. The van der Waals surface area contributed by atoms with Crippen LogP contribution in [0.15, 0.2) is 60.0 Å². The topological polar surface area (TPSA) is 115 Å². The molecule has 3 aromatic rings. The molecule has 0 saturated carbocycles. The van der Waals surface area contributed by atoms with Gasteiger partial charge in [-0.15, -0.1) is 11.3 Å². The maximum Gasteiger partial charge on any atom is 0.332 e. The highest BCUT2D eigenvalue weighted by atomic mass is 32.1. The van der Waals surface area contributed by atoms with Gasteiger partial charge in [-0.1, -0.05) is 42.5 Å². The maximum atomic E-state index is 13.8. The number of carboxylic acid groups (broad SMARTS) is 2. The summed E-state index contributed by atoms with van der Waals surface area (Å²) in [6.45, 7) is -0.884. The van der Waals surface area contributed by atoms with Crippen LogP contribution >= 0.6 is 11.3 Å². The molecule has 3 unspecified atom stereocenters. The van der Waals surface area contributed by atoms with E-state index in [9.17, 15) is 29.7 Å². The van der Waals surface area contributed by atoms with Crippen LogP contribution in [0.5, 0.6) is 0 Å². The number of benzene rings is 2. The number of aliphatic hydroxyl groups excluding tert-OH is 1. The molecule has 1 amide bonds. The standard InChI is InChI=1S/C22H19NO6S/c24-12-22(21(28)29)11-16(20(26)27)18(17-9-4-10-30-17)23(22)19(25)15-8-3-6-13-5-1-2-7-14(13)15/h1-10,16,18,24H,11-12H2,(H,26,27)(H,28,29). The minimum absolute atomic E-state index is 0.264. The molecule has 1 aromatic heterocycles. The summed E-state index contributed by atoms with van der Waals surface area (Å²) in [5.74, 6) is -4.42. The molecule has 154 valence electrons. The number of hydrogen-bond acceptors (Lipinski definition) is 5. The molecule has 1 aliphatic heterocycles. The summed E-state index contributed by atoms with van der Waals surface area (Å²) >= 11 is 1.25. The molecule has 2 heterocycles. The van der Waals surface area contributed by atoms with Crippen molar-refractivity contribution in [1.82, 2.24) is 4.90 Å². The Labute approximate surface area is 175 Å². The number of hydrogen-bond donors (Lipinski definition) is 3. The van der Waals surface area contributed by atoms with Gasteiger partial charge in [0.05, 0.1) is 18.6 Å². The first kappa shape index (κ1) is 20.1. The maximum absolute atomic E-state index is 13.8. The summed E-state index contributed by atoms with van der Waals surface area (Å²) in [6, 6.07) is 14.7. The number of aliphatic carboxylic acids is 2. The molecule has 1 saturated heterocycles. The summed E-state index contributed by atoms with van der Waals surface area (Å²) in [5.41, 5.74) is -1.77. The Morgan fingerprint density at radius 2 is 1.77 bits per heavy atom.